The molecule has 0 spiro atoms. The standard InChI is InChI=1S/C20H32N2O3/c1-5-6-13-24-16-7-8-17(18(21)14-16)15-9-11-22(12-10-15)19(23)25-20(2,3)4/h7-8,14-15H,5-6,9-13,21H2,1-4H3. The molecule has 2 rings (SSSR count). The first kappa shape index (κ1) is 19.4. The molecule has 5 heteroatoms. The molecule has 1 amide bonds. The first-order valence-electron chi connectivity index (χ1n) is 9.30. The van der Waals surface area contributed by atoms with Crippen molar-refractivity contribution < 1.29 is 14.3 Å². The molecule has 1 aromatic carbocycles. The Morgan fingerprint density at radius 2 is 1.96 bits per heavy atom. The van der Waals surface area contributed by atoms with E-state index in [9.17, 15) is 4.79 Å². The minimum Gasteiger partial charge on any atom is -0.494 e. The molecule has 0 aromatic heterocycles. The van der Waals surface area contributed by atoms with Crippen molar-refractivity contribution in [2.75, 3.05) is 25.4 Å². The number of likely N-dealkylation sites (tertiary alicyclic amines) is 1. The molecule has 0 saturated carbocycles. The molecule has 0 bridgehead atoms. The average Bonchev–Trinajstić information content (AvgIpc) is 2.54. The molecule has 1 heterocycles. The first-order valence-corrected chi connectivity index (χ1v) is 9.30. The monoisotopic (exact) mass is 348 g/mol. The highest BCUT2D eigenvalue weighted by molar-refractivity contribution is 5.68. The van der Waals surface area contributed by atoms with Crippen LogP contribution in [-0.4, -0.2) is 36.3 Å². The zero-order chi connectivity index (χ0) is 18.4. The molecule has 5 nitrogen and oxygen atoms in total. The van der Waals surface area contributed by atoms with Gasteiger partial charge >= 0.3 is 6.09 Å². The third-order valence-electron chi connectivity index (χ3n) is 4.41. The number of anilines is 1. The van der Waals surface area contributed by atoms with Crippen LogP contribution in [0.2, 0.25) is 0 Å². The topological polar surface area (TPSA) is 64.8 Å². The van der Waals surface area contributed by atoms with Crippen LogP contribution in [0.15, 0.2) is 18.2 Å². The number of unbranched alkanes of at least 4 members (excludes halogenated alkanes) is 1. The molecule has 1 fully saturated rings. The van der Waals surface area contributed by atoms with E-state index in [4.69, 9.17) is 15.2 Å². The molecule has 1 aliphatic heterocycles. The van der Waals surface area contributed by atoms with Crippen molar-refractivity contribution in [3.05, 3.63) is 23.8 Å². The van der Waals surface area contributed by atoms with Gasteiger partial charge in [0.05, 0.1) is 6.61 Å². The number of piperidine rings is 1. The Morgan fingerprint density at radius 1 is 1.28 bits per heavy atom. The molecule has 1 aromatic rings. The van der Waals surface area contributed by atoms with E-state index in [0.717, 1.165) is 49.3 Å². The maximum absolute atomic E-state index is 12.2. The Kier molecular flexibility index (Phi) is 6.57. The summed E-state index contributed by atoms with van der Waals surface area (Å²) in [5, 5.41) is 0. The van der Waals surface area contributed by atoms with Crippen LogP contribution < -0.4 is 10.5 Å². The number of hydrogen-bond acceptors (Lipinski definition) is 4. The first-order chi connectivity index (χ1) is 11.8. The average molecular weight is 348 g/mol. The van der Waals surface area contributed by atoms with E-state index in [0.29, 0.717) is 19.0 Å². The van der Waals surface area contributed by atoms with Gasteiger partial charge in [-0.05, 0) is 57.6 Å². The molecular formula is C20H32N2O3. The summed E-state index contributed by atoms with van der Waals surface area (Å²) in [4.78, 5) is 13.9. The maximum atomic E-state index is 12.2. The summed E-state index contributed by atoms with van der Waals surface area (Å²) in [5.41, 5.74) is 7.74. The number of ether oxygens (including phenoxy) is 2. The van der Waals surface area contributed by atoms with Gasteiger partial charge in [0.25, 0.3) is 0 Å². The lowest BCUT2D eigenvalue weighted by Gasteiger charge is -2.34. The second-order valence-electron chi connectivity index (χ2n) is 7.73. The zero-order valence-electron chi connectivity index (χ0n) is 16.0. The molecule has 2 N–H and O–H groups in total. The molecule has 140 valence electrons. The molecule has 0 radical (unpaired) electrons. The second-order valence-corrected chi connectivity index (χ2v) is 7.73. The van der Waals surface area contributed by atoms with Crippen LogP contribution >= 0.6 is 0 Å². The number of nitrogens with zero attached hydrogens (tertiary/aromatic N) is 1. The fraction of sp³-hybridized carbons (Fsp3) is 0.650. The van der Waals surface area contributed by atoms with Crippen molar-refractivity contribution in [1.82, 2.24) is 4.90 Å². The number of nitrogens with two attached hydrogens (primary N) is 1. The Balaban J connectivity index is 1.91. The van der Waals surface area contributed by atoms with Gasteiger partial charge in [-0.25, -0.2) is 4.79 Å². The summed E-state index contributed by atoms with van der Waals surface area (Å²) < 4.78 is 11.2. The highest BCUT2D eigenvalue weighted by Crippen LogP contribution is 2.34. The highest BCUT2D eigenvalue weighted by Gasteiger charge is 2.28. The lowest BCUT2D eigenvalue weighted by Crippen LogP contribution is -2.41. The van der Waals surface area contributed by atoms with Crippen molar-refractivity contribution in [3.63, 3.8) is 0 Å². The predicted octanol–water partition coefficient (Wildman–Crippen LogP) is 4.56. The quantitative estimate of drug-likeness (QED) is 0.626. The summed E-state index contributed by atoms with van der Waals surface area (Å²) in [5.74, 6) is 1.21. The maximum Gasteiger partial charge on any atom is 0.410 e. The normalized spacial score (nSPS) is 15.9. The minimum atomic E-state index is -0.452. The van der Waals surface area contributed by atoms with E-state index < -0.39 is 5.60 Å². The summed E-state index contributed by atoms with van der Waals surface area (Å²) in [6.45, 7) is 9.95. The van der Waals surface area contributed by atoms with Crippen LogP contribution in [0.25, 0.3) is 0 Å². The largest absolute Gasteiger partial charge is 0.494 e. The van der Waals surface area contributed by atoms with Gasteiger partial charge in [-0.15, -0.1) is 0 Å². The molecule has 25 heavy (non-hydrogen) atoms. The smallest absolute Gasteiger partial charge is 0.410 e. The van der Waals surface area contributed by atoms with Gasteiger partial charge in [-0.3, -0.25) is 0 Å². The van der Waals surface area contributed by atoms with Gasteiger partial charge < -0.3 is 20.1 Å². The van der Waals surface area contributed by atoms with Crippen molar-refractivity contribution in [2.45, 2.75) is 64.9 Å². The molecule has 0 atom stereocenters. The molecule has 0 unspecified atom stereocenters. The number of rotatable bonds is 5. The number of nitrogen functional groups attached to an aromatic ring is 1. The van der Waals surface area contributed by atoms with Crippen LogP contribution in [0.5, 0.6) is 5.75 Å². The summed E-state index contributed by atoms with van der Waals surface area (Å²) in [6, 6.07) is 6.00. The van der Waals surface area contributed by atoms with Crippen LogP contribution in [0.4, 0.5) is 10.5 Å². The van der Waals surface area contributed by atoms with E-state index in [1.165, 1.54) is 0 Å². The van der Waals surface area contributed by atoms with Crippen LogP contribution in [0.3, 0.4) is 0 Å². The highest BCUT2D eigenvalue weighted by atomic mass is 16.6. The molecule has 1 aliphatic rings. The van der Waals surface area contributed by atoms with Crippen LogP contribution in [0, 0.1) is 0 Å². The third kappa shape index (κ3) is 5.83. The Hall–Kier alpha value is -1.91. The number of carbonyl (C=O) groups excluding carboxylic acids is 1. The number of amides is 1. The van der Waals surface area contributed by atoms with Crippen molar-refractivity contribution in [2.24, 2.45) is 0 Å². The third-order valence-corrected chi connectivity index (χ3v) is 4.41. The summed E-state index contributed by atoms with van der Waals surface area (Å²) in [6.07, 6.45) is 3.74. The Labute approximate surface area is 151 Å². The van der Waals surface area contributed by atoms with Gasteiger partial charge in [0.2, 0.25) is 0 Å². The lowest BCUT2D eigenvalue weighted by atomic mass is 9.88. The van der Waals surface area contributed by atoms with Gasteiger partial charge in [-0.1, -0.05) is 19.4 Å². The van der Waals surface area contributed by atoms with Crippen molar-refractivity contribution >= 4 is 11.8 Å². The minimum absolute atomic E-state index is 0.224. The molecule has 1 saturated heterocycles. The van der Waals surface area contributed by atoms with Crippen LogP contribution in [-0.2, 0) is 4.74 Å². The van der Waals surface area contributed by atoms with E-state index in [2.05, 4.69) is 13.0 Å². The lowest BCUT2D eigenvalue weighted by molar-refractivity contribution is 0.0205. The van der Waals surface area contributed by atoms with Crippen molar-refractivity contribution in [1.29, 1.82) is 0 Å². The van der Waals surface area contributed by atoms with E-state index in [-0.39, 0.29) is 6.09 Å². The predicted molar refractivity (Wildman–Crippen MR) is 101 cm³/mol. The Bertz CT molecular complexity index is 573. The fourth-order valence-electron chi connectivity index (χ4n) is 3.05. The van der Waals surface area contributed by atoms with E-state index in [1.54, 1.807) is 4.90 Å². The van der Waals surface area contributed by atoms with Gasteiger partial charge in [0.1, 0.15) is 11.4 Å². The van der Waals surface area contributed by atoms with Gasteiger partial charge in [-0.2, -0.15) is 0 Å². The number of hydrogen-bond donors (Lipinski definition) is 1. The van der Waals surface area contributed by atoms with Gasteiger partial charge in [0, 0.05) is 24.8 Å². The molecule has 0 aliphatic carbocycles. The Morgan fingerprint density at radius 3 is 2.52 bits per heavy atom. The van der Waals surface area contributed by atoms with Gasteiger partial charge in [0.15, 0.2) is 0 Å². The number of carbonyl (C=O) groups is 1. The fourth-order valence-corrected chi connectivity index (χ4v) is 3.05. The SMILES string of the molecule is CCCCOc1ccc(C2CCN(C(=O)OC(C)(C)C)CC2)c(N)c1. The van der Waals surface area contributed by atoms with Crippen molar-refractivity contribution in [3.8, 4) is 5.75 Å². The summed E-state index contributed by atoms with van der Waals surface area (Å²) >= 11 is 0. The number of benzene rings is 1. The zero-order valence-corrected chi connectivity index (χ0v) is 16.0. The second kappa shape index (κ2) is 8.45. The van der Waals surface area contributed by atoms with E-state index >= 15 is 0 Å². The van der Waals surface area contributed by atoms with E-state index in [1.807, 2.05) is 32.9 Å². The summed E-state index contributed by atoms with van der Waals surface area (Å²) in [7, 11) is 0. The van der Waals surface area contributed by atoms with Crippen LogP contribution in [0.1, 0.15) is 64.9 Å². The molecular weight excluding hydrogens is 316 g/mol.